The van der Waals surface area contributed by atoms with E-state index in [1.807, 2.05) is 74.5 Å². The van der Waals surface area contributed by atoms with Gasteiger partial charge in [-0.2, -0.15) is 0 Å². The SMILES string of the molecule is Cc1ccc(C(C)C)c(OCC(=O)c2ccccc2NCCN(C(=O)COc2cc(C)ccc2C(C)C)c2ccccc2)c1. The summed E-state index contributed by atoms with van der Waals surface area (Å²) >= 11 is 0. The van der Waals surface area contributed by atoms with Gasteiger partial charge in [-0.3, -0.25) is 9.59 Å². The van der Waals surface area contributed by atoms with Crippen molar-refractivity contribution in [1.29, 1.82) is 0 Å². The predicted molar refractivity (Wildman–Crippen MR) is 180 cm³/mol. The first kappa shape index (κ1) is 32.3. The van der Waals surface area contributed by atoms with Gasteiger partial charge in [0.15, 0.2) is 13.2 Å². The molecule has 44 heavy (non-hydrogen) atoms. The number of nitrogens with zero attached hydrogens (tertiary/aromatic N) is 1. The van der Waals surface area contributed by atoms with Gasteiger partial charge < -0.3 is 19.7 Å². The van der Waals surface area contributed by atoms with Crippen LogP contribution in [0.5, 0.6) is 11.5 Å². The van der Waals surface area contributed by atoms with Crippen molar-refractivity contribution in [3.8, 4) is 11.5 Å². The molecule has 0 unspecified atom stereocenters. The molecule has 0 atom stereocenters. The Morgan fingerprint density at radius 2 is 1.25 bits per heavy atom. The van der Waals surface area contributed by atoms with E-state index < -0.39 is 0 Å². The summed E-state index contributed by atoms with van der Waals surface area (Å²) in [7, 11) is 0. The molecule has 4 aromatic rings. The second-order valence-electron chi connectivity index (χ2n) is 11.7. The summed E-state index contributed by atoms with van der Waals surface area (Å²) in [6, 6.07) is 29.2. The van der Waals surface area contributed by atoms with Crippen molar-refractivity contribution >= 4 is 23.1 Å². The summed E-state index contributed by atoms with van der Waals surface area (Å²) < 4.78 is 12.1. The number of rotatable bonds is 14. The zero-order valence-corrected chi connectivity index (χ0v) is 26.7. The molecule has 6 nitrogen and oxygen atoms in total. The summed E-state index contributed by atoms with van der Waals surface area (Å²) in [6.07, 6.45) is 0. The molecule has 0 aliphatic heterocycles. The number of nitrogens with one attached hydrogen (secondary N) is 1. The van der Waals surface area contributed by atoms with E-state index >= 15 is 0 Å². The molecule has 0 bridgehead atoms. The zero-order chi connectivity index (χ0) is 31.6. The second-order valence-corrected chi connectivity index (χ2v) is 11.7. The molecule has 0 saturated heterocycles. The number of ether oxygens (including phenoxy) is 2. The molecule has 4 aromatic carbocycles. The predicted octanol–water partition coefficient (Wildman–Crippen LogP) is 8.34. The molecule has 0 aromatic heterocycles. The molecule has 6 heteroatoms. The third-order valence-electron chi connectivity index (χ3n) is 7.54. The highest BCUT2D eigenvalue weighted by molar-refractivity contribution is 6.02. The van der Waals surface area contributed by atoms with Crippen molar-refractivity contribution < 1.29 is 19.1 Å². The fourth-order valence-electron chi connectivity index (χ4n) is 5.11. The van der Waals surface area contributed by atoms with E-state index in [1.54, 1.807) is 11.0 Å². The van der Waals surface area contributed by atoms with Crippen LogP contribution in [0.1, 0.15) is 72.1 Å². The van der Waals surface area contributed by atoms with Crippen LogP contribution in [0.3, 0.4) is 0 Å². The molecule has 0 aliphatic carbocycles. The van der Waals surface area contributed by atoms with Crippen LogP contribution >= 0.6 is 0 Å². The molecule has 4 rings (SSSR count). The van der Waals surface area contributed by atoms with Crippen LogP contribution in [0.4, 0.5) is 11.4 Å². The van der Waals surface area contributed by atoms with Gasteiger partial charge in [-0.1, -0.05) is 82.3 Å². The number of hydrogen-bond donors (Lipinski definition) is 1. The molecule has 0 saturated carbocycles. The van der Waals surface area contributed by atoms with Gasteiger partial charge in [0.05, 0.1) is 0 Å². The Morgan fingerprint density at radius 1 is 0.705 bits per heavy atom. The lowest BCUT2D eigenvalue weighted by molar-refractivity contribution is -0.120. The van der Waals surface area contributed by atoms with Crippen molar-refractivity contribution in [3.05, 3.63) is 119 Å². The quantitative estimate of drug-likeness (QED) is 0.149. The smallest absolute Gasteiger partial charge is 0.264 e. The maximum absolute atomic E-state index is 13.5. The standard InChI is InChI=1S/C38H44N2O4/c1-26(2)31-18-16-28(5)22-36(31)43-24-35(41)33-14-10-11-15-34(33)39-20-21-40(30-12-8-7-9-13-30)38(42)25-44-37-23-29(6)17-19-32(37)27(3)4/h7-19,22-23,26-27,39H,20-21,24-25H2,1-6H3. The summed E-state index contributed by atoms with van der Waals surface area (Å²) in [6.45, 7) is 13.1. The Kier molecular flexibility index (Phi) is 11.2. The van der Waals surface area contributed by atoms with Crippen LogP contribution in [0.2, 0.25) is 0 Å². The molecular weight excluding hydrogens is 548 g/mol. The number of hydrogen-bond acceptors (Lipinski definition) is 5. The molecule has 1 N–H and O–H groups in total. The molecule has 230 valence electrons. The second kappa shape index (κ2) is 15.2. The van der Waals surface area contributed by atoms with Crippen LogP contribution in [0.15, 0.2) is 91.0 Å². The van der Waals surface area contributed by atoms with Gasteiger partial charge >= 0.3 is 0 Å². The van der Waals surface area contributed by atoms with Crippen LogP contribution < -0.4 is 19.7 Å². The summed E-state index contributed by atoms with van der Waals surface area (Å²) in [5.41, 5.74) is 6.35. The Morgan fingerprint density at radius 3 is 1.84 bits per heavy atom. The number of ketones is 1. The molecule has 0 spiro atoms. The van der Waals surface area contributed by atoms with E-state index in [4.69, 9.17) is 9.47 Å². The van der Waals surface area contributed by atoms with E-state index in [0.29, 0.717) is 24.3 Å². The van der Waals surface area contributed by atoms with E-state index in [2.05, 4.69) is 57.3 Å². The average molecular weight is 593 g/mol. The first-order valence-electron chi connectivity index (χ1n) is 15.3. The third-order valence-corrected chi connectivity index (χ3v) is 7.54. The van der Waals surface area contributed by atoms with Gasteiger partial charge in [0, 0.05) is 30.0 Å². The van der Waals surface area contributed by atoms with Crippen LogP contribution in [-0.2, 0) is 4.79 Å². The molecule has 1 amide bonds. The van der Waals surface area contributed by atoms with Gasteiger partial charge in [0.25, 0.3) is 5.91 Å². The Hall–Kier alpha value is -4.58. The largest absolute Gasteiger partial charge is 0.485 e. The van der Waals surface area contributed by atoms with Gasteiger partial charge in [-0.15, -0.1) is 0 Å². The van der Waals surface area contributed by atoms with Crippen molar-refractivity contribution in [3.63, 3.8) is 0 Å². The van der Waals surface area contributed by atoms with E-state index in [9.17, 15) is 9.59 Å². The van der Waals surface area contributed by atoms with Crippen molar-refractivity contribution in [2.75, 3.05) is 36.5 Å². The van der Waals surface area contributed by atoms with Crippen LogP contribution in [-0.4, -0.2) is 38.0 Å². The molecular formula is C38H44N2O4. The molecule has 0 aliphatic rings. The number of Topliss-reactive ketones (excluding diaryl/α,β-unsaturated/α-hetero) is 1. The lowest BCUT2D eigenvalue weighted by Gasteiger charge is -2.24. The third kappa shape index (κ3) is 8.50. The Balaban J connectivity index is 1.43. The maximum atomic E-state index is 13.5. The zero-order valence-electron chi connectivity index (χ0n) is 26.7. The highest BCUT2D eigenvalue weighted by Crippen LogP contribution is 2.29. The number of anilines is 2. The van der Waals surface area contributed by atoms with E-state index in [1.165, 1.54) is 0 Å². The van der Waals surface area contributed by atoms with Crippen LogP contribution in [0.25, 0.3) is 0 Å². The number of para-hydroxylation sites is 2. The highest BCUT2D eigenvalue weighted by Gasteiger charge is 2.19. The number of aryl methyl sites for hydroxylation is 2. The Bertz CT molecular complexity index is 1560. The van der Waals surface area contributed by atoms with Crippen molar-refractivity contribution in [2.24, 2.45) is 0 Å². The number of benzene rings is 4. The van der Waals surface area contributed by atoms with Crippen molar-refractivity contribution in [2.45, 2.75) is 53.4 Å². The minimum Gasteiger partial charge on any atom is -0.485 e. The molecule has 0 fully saturated rings. The Labute approximate surface area is 262 Å². The minimum absolute atomic E-state index is 0.0643. The number of carbonyl (C=O) groups excluding carboxylic acids is 2. The lowest BCUT2D eigenvalue weighted by atomic mass is 10.0. The number of amides is 1. The van der Waals surface area contributed by atoms with Gasteiger partial charge in [-0.25, -0.2) is 0 Å². The lowest BCUT2D eigenvalue weighted by Crippen LogP contribution is -2.38. The van der Waals surface area contributed by atoms with E-state index in [-0.39, 0.29) is 36.7 Å². The fraction of sp³-hybridized carbons (Fsp3) is 0.316. The van der Waals surface area contributed by atoms with Gasteiger partial charge in [-0.05, 0) is 84.3 Å². The van der Waals surface area contributed by atoms with Crippen LogP contribution in [0, 0.1) is 13.8 Å². The summed E-state index contributed by atoms with van der Waals surface area (Å²) in [4.78, 5) is 28.5. The maximum Gasteiger partial charge on any atom is 0.264 e. The molecule has 0 heterocycles. The first-order chi connectivity index (χ1) is 21.1. The topological polar surface area (TPSA) is 67.9 Å². The summed E-state index contributed by atoms with van der Waals surface area (Å²) in [5, 5.41) is 3.38. The molecule has 0 radical (unpaired) electrons. The van der Waals surface area contributed by atoms with Gasteiger partial charge in [0.2, 0.25) is 5.78 Å². The van der Waals surface area contributed by atoms with Crippen molar-refractivity contribution in [1.82, 2.24) is 0 Å². The van der Waals surface area contributed by atoms with Gasteiger partial charge in [0.1, 0.15) is 11.5 Å². The fourth-order valence-corrected chi connectivity index (χ4v) is 5.11. The van der Waals surface area contributed by atoms with E-state index in [0.717, 1.165) is 39.4 Å². The minimum atomic E-state index is -0.147. The normalized spacial score (nSPS) is 11.0. The highest BCUT2D eigenvalue weighted by atomic mass is 16.5. The summed E-state index contributed by atoms with van der Waals surface area (Å²) in [5.74, 6) is 1.77. The monoisotopic (exact) mass is 592 g/mol. The first-order valence-corrected chi connectivity index (χ1v) is 15.3. The average Bonchev–Trinajstić information content (AvgIpc) is 3.01. The number of carbonyl (C=O) groups is 2.